The highest BCUT2D eigenvalue weighted by molar-refractivity contribution is 6.29. The highest BCUT2D eigenvalue weighted by atomic mass is 35.5. The van der Waals surface area contributed by atoms with Crippen LogP contribution >= 0.6 is 11.6 Å². The third kappa shape index (κ3) is 2.34. The lowest BCUT2D eigenvalue weighted by Gasteiger charge is -2.19. The molecule has 3 rings (SSSR count). The van der Waals surface area contributed by atoms with Gasteiger partial charge in [-0.2, -0.15) is 0 Å². The van der Waals surface area contributed by atoms with Crippen LogP contribution in [0.3, 0.4) is 0 Å². The molecule has 0 aliphatic heterocycles. The summed E-state index contributed by atoms with van der Waals surface area (Å²) in [6.45, 7) is 0. The molecule has 0 unspecified atom stereocenters. The van der Waals surface area contributed by atoms with Crippen LogP contribution in [-0.2, 0) is 12.8 Å². The maximum Gasteiger partial charge on any atom is 0.132 e. The number of hydrogen-bond donors (Lipinski definition) is 0. The van der Waals surface area contributed by atoms with Gasteiger partial charge in [0.1, 0.15) is 16.7 Å². The first-order chi connectivity index (χ1) is 8.83. The molecule has 92 valence electrons. The Balaban J connectivity index is 1.93. The van der Waals surface area contributed by atoms with Crippen LogP contribution < -0.4 is 4.74 Å². The number of halogens is 1. The van der Waals surface area contributed by atoms with Crippen molar-refractivity contribution in [2.45, 2.75) is 25.7 Å². The van der Waals surface area contributed by atoms with Crippen LogP contribution in [0.5, 0.6) is 11.5 Å². The van der Waals surface area contributed by atoms with Crippen molar-refractivity contribution in [3.05, 3.63) is 52.8 Å². The lowest BCUT2D eigenvalue weighted by Crippen LogP contribution is -2.04. The van der Waals surface area contributed by atoms with Gasteiger partial charge in [-0.25, -0.2) is 4.98 Å². The molecule has 0 spiro atoms. The van der Waals surface area contributed by atoms with Crippen LogP contribution in [0.15, 0.2) is 36.5 Å². The molecule has 0 saturated heterocycles. The Morgan fingerprint density at radius 3 is 2.89 bits per heavy atom. The van der Waals surface area contributed by atoms with E-state index >= 15 is 0 Å². The smallest absolute Gasteiger partial charge is 0.132 e. The standard InChI is InChI=1S/C15H14ClNO/c16-15-10-12(8-9-17-15)18-14-7-3-5-11-4-1-2-6-13(11)14/h3,5,7-10H,1-2,4,6H2. The zero-order valence-corrected chi connectivity index (χ0v) is 10.8. The van der Waals surface area contributed by atoms with E-state index in [0.717, 1.165) is 24.3 Å². The summed E-state index contributed by atoms with van der Waals surface area (Å²) in [7, 11) is 0. The van der Waals surface area contributed by atoms with Crippen LogP contribution in [0.25, 0.3) is 0 Å². The second-order valence-electron chi connectivity index (χ2n) is 4.52. The quantitative estimate of drug-likeness (QED) is 0.746. The summed E-state index contributed by atoms with van der Waals surface area (Å²) < 4.78 is 5.93. The first-order valence-corrected chi connectivity index (χ1v) is 6.61. The average Bonchev–Trinajstić information content (AvgIpc) is 2.39. The fourth-order valence-corrected chi connectivity index (χ4v) is 2.58. The predicted octanol–water partition coefficient (Wildman–Crippen LogP) is 4.41. The second-order valence-corrected chi connectivity index (χ2v) is 4.90. The second kappa shape index (κ2) is 4.99. The van der Waals surface area contributed by atoms with Gasteiger partial charge in [0.25, 0.3) is 0 Å². The van der Waals surface area contributed by atoms with Gasteiger partial charge < -0.3 is 4.74 Å². The number of nitrogens with zero attached hydrogens (tertiary/aromatic N) is 1. The number of benzene rings is 1. The van der Waals surface area contributed by atoms with E-state index in [0.29, 0.717) is 5.15 Å². The molecule has 1 aliphatic carbocycles. The first kappa shape index (κ1) is 11.5. The van der Waals surface area contributed by atoms with Crippen LogP contribution in [0, 0.1) is 0 Å². The van der Waals surface area contributed by atoms with Crippen molar-refractivity contribution in [1.82, 2.24) is 4.98 Å². The SMILES string of the molecule is Clc1cc(Oc2cccc3c2CCCC3)ccn1. The Morgan fingerprint density at radius 2 is 2.00 bits per heavy atom. The molecular weight excluding hydrogens is 246 g/mol. The van der Waals surface area contributed by atoms with E-state index in [1.165, 1.54) is 24.0 Å². The van der Waals surface area contributed by atoms with E-state index in [1.807, 2.05) is 12.1 Å². The van der Waals surface area contributed by atoms with Crippen molar-refractivity contribution in [3.63, 3.8) is 0 Å². The van der Waals surface area contributed by atoms with E-state index in [-0.39, 0.29) is 0 Å². The van der Waals surface area contributed by atoms with Gasteiger partial charge in [0.05, 0.1) is 0 Å². The van der Waals surface area contributed by atoms with Gasteiger partial charge in [-0.3, -0.25) is 0 Å². The Kier molecular flexibility index (Phi) is 3.20. The number of rotatable bonds is 2. The molecule has 1 aromatic heterocycles. The lowest BCUT2D eigenvalue weighted by molar-refractivity contribution is 0.469. The molecule has 1 heterocycles. The maximum absolute atomic E-state index is 5.93. The van der Waals surface area contributed by atoms with Crippen LogP contribution in [0.1, 0.15) is 24.0 Å². The zero-order valence-electron chi connectivity index (χ0n) is 10.0. The number of ether oxygens (including phenoxy) is 1. The summed E-state index contributed by atoms with van der Waals surface area (Å²) >= 11 is 5.86. The molecule has 1 aromatic carbocycles. The van der Waals surface area contributed by atoms with Crippen molar-refractivity contribution in [3.8, 4) is 11.5 Å². The number of aromatic nitrogens is 1. The highest BCUT2D eigenvalue weighted by Gasteiger charge is 2.14. The van der Waals surface area contributed by atoms with Crippen molar-refractivity contribution in [1.29, 1.82) is 0 Å². The van der Waals surface area contributed by atoms with Crippen LogP contribution in [0.2, 0.25) is 5.15 Å². The lowest BCUT2D eigenvalue weighted by atomic mass is 9.91. The minimum atomic E-state index is 0.456. The summed E-state index contributed by atoms with van der Waals surface area (Å²) in [5.74, 6) is 1.70. The van der Waals surface area contributed by atoms with Gasteiger partial charge in [0.15, 0.2) is 0 Å². The van der Waals surface area contributed by atoms with Gasteiger partial charge >= 0.3 is 0 Å². The van der Waals surface area contributed by atoms with Gasteiger partial charge in [-0.15, -0.1) is 0 Å². The summed E-state index contributed by atoms with van der Waals surface area (Å²) in [5.41, 5.74) is 2.76. The van der Waals surface area contributed by atoms with Crippen molar-refractivity contribution >= 4 is 11.6 Å². The summed E-state index contributed by atoms with van der Waals surface area (Å²) in [5, 5.41) is 0.456. The molecule has 2 aromatic rings. The molecule has 0 bridgehead atoms. The van der Waals surface area contributed by atoms with Crippen molar-refractivity contribution in [2.75, 3.05) is 0 Å². The third-order valence-corrected chi connectivity index (χ3v) is 3.49. The number of pyridine rings is 1. The minimum absolute atomic E-state index is 0.456. The molecule has 0 atom stereocenters. The molecule has 1 aliphatic rings. The Morgan fingerprint density at radius 1 is 1.11 bits per heavy atom. The fourth-order valence-electron chi connectivity index (χ4n) is 2.42. The Bertz CT molecular complexity index is 568. The first-order valence-electron chi connectivity index (χ1n) is 6.23. The van der Waals surface area contributed by atoms with Crippen molar-refractivity contribution < 1.29 is 4.74 Å². The average molecular weight is 260 g/mol. The van der Waals surface area contributed by atoms with Gasteiger partial charge in [0.2, 0.25) is 0 Å². The molecule has 0 amide bonds. The van der Waals surface area contributed by atoms with Gasteiger partial charge in [0, 0.05) is 12.3 Å². The maximum atomic E-state index is 5.93. The summed E-state index contributed by atoms with van der Waals surface area (Å²) in [6, 6.07) is 9.85. The number of aryl methyl sites for hydroxylation is 1. The third-order valence-electron chi connectivity index (χ3n) is 3.28. The van der Waals surface area contributed by atoms with Gasteiger partial charge in [-0.05, 0) is 48.9 Å². The van der Waals surface area contributed by atoms with Gasteiger partial charge in [-0.1, -0.05) is 23.7 Å². The largest absolute Gasteiger partial charge is 0.457 e. The van der Waals surface area contributed by atoms with E-state index in [4.69, 9.17) is 16.3 Å². The Hall–Kier alpha value is -1.54. The van der Waals surface area contributed by atoms with E-state index in [9.17, 15) is 0 Å². The molecule has 18 heavy (non-hydrogen) atoms. The van der Waals surface area contributed by atoms with E-state index in [2.05, 4.69) is 17.1 Å². The summed E-state index contributed by atoms with van der Waals surface area (Å²) in [6.07, 6.45) is 6.43. The topological polar surface area (TPSA) is 22.1 Å². The fraction of sp³-hybridized carbons (Fsp3) is 0.267. The Labute approximate surface area is 112 Å². The minimum Gasteiger partial charge on any atom is -0.457 e. The summed E-state index contributed by atoms with van der Waals surface area (Å²) in [4.78, 5) is 3.95. The molecule has 3 heteroatoms. The van der Waals surface area contributed by atoms with E-state index in [1.54, 1.807) is 12.3 Å². The molecule has 0 radical (unpaired) electrons. The normalized spacial score (nSPS) is 14.1. The monoisotopic (exact) mass is 259 g/mol. The van der Waals surface area contributed by atoms with E-state index < -0.39 is 0 Å². The number of fused-ring (bicyclic) bond motifs is 1. The molecule has 0 N–H and O–H groups in total. The molecular formula is C15H14ClNO. The highest BCUT2D eigenvalue weighted by Crippen LogP contribution is 2.32. The van der Waals surface area contributed by atoms with Crippen LogP contribution in [-0.4, -0.2) is 4.98 Å². The number of hydrogen-bond acceptors (Lipinski definition) is 2. The van der Waals surface area contributed by atoms with Crippen molar-refractivity contribution in [2.24, 2.45) is 0 Å². The molecule has 0 fully saturated rings. The van der Waals surface area contributed by atoms with Crippen LogP contribution in [0.4, 0.5) is 0 Å². The zero-order chi connectivity index (χ0) is 12.4. The molecule has 0 saturated carbocycles. The molecule has 2 nitrogen and oxygen atoms in total. The predicted molar refractivity (Wildman–Crippen MR) is 72.4 cm³/mol.